The molecule has 0 unspecified atom stereocenters. The first-order valence-corrected chi connectivity index (χ1v) is 4.70. The average molecular weight is 154 g/mol. The highest BCUT2D eigenvalue weighted by atomic mass is 16.1. The molecule has 0 N–H and O–H groups in total. The van der Waals surface area contributed by atoms with Gasteiger partial charge in [-0.2, -0.15) is 0 Å². The summed E-state index contributed by atoms with van der Waals surface area (Å²) in [6.07, 6.45) is 5.52. The zero-order valence-corrected chi connectivity index (χ0v) is 7.60. The van der Waals surface area contributed by atoms with Gasteiger partial charge in [0.1, 0.15) is 5.78 Å². The van der Waals surface area contributed by atoms with Crippen molar-refractivity contribution in [3.63, 3.8) is 0 Å². The Labute approximate surface area is 69.2 Å². The molecule has 1 saturated carbocycles. The van der Waals surface area contributed by atoms with Crippen LogP contribution >= 0.6 is 0 Å². The minimum atomic E-state index is 0.465. The van der Waals surface area contributed by atoms with Crippen molar-refractivity contribution >= 4 is 5.78 Å². The Morgan fingerprint density at radius 3 is 2.55 bits per heavy atom. The lowest BCUT2D eigenvalue weighted by atomic mass is 10.0. The number of carbonyl (C=O) groups excluding carboxylic acids is 1. The molecule has 0 saturated heterocycles. The maximum atomic E-state index is 11.2. The Morgan fingerprint density at radius 2 is 2.09 bits per heavy atom. The van der Waals surface area contributed by atoms with Crippen molar-refractivity contribution in [2.45, 2.75) is 46.0 Å². The van der Waals surface area contributed by atoms with Gasteiger partial charge in [-0.15, -0.1) is 0 Å². The van der Waals surface area contributed by atoms with Crippen molar-refractivity contribution in [2.75, 3.05) is 0 Å². The molecule has 1 aliphatic rings. The zero-order chi connectivity index (χ0) is 8.27. The maximum absolute atomic E-state index is 11.2. The van der Waals surface area contributed by atoms with Gasteiger partial charge < -0.3 is 0 Å². The summed E-state index contributed by atoms with van der Waals surface area (Å²) in [5.74, 6) is 1.92. The number of Topliss-reactive ketones (excluding diaryl/α,β-unsaturated/α-hetero) is 1. The predicted molar refractivity (Wildman–Crippen MR) is 46.4 cm³/mol. The van der Waals surface area contributed by atoms with Crippen LogP contribution in [-0.4, -0.2) is 5.78 Å². The first kappa shape index (κ1) is 8.76. The van der Waals surface area contributed by atoms with E-state index in [1.54, 1.807) is 0 Å². The van der Waals surface area contributed by atoms with E-state index in [2.05, 4.69) is 13.8 Å². The number of carbonyl (C=O) groups is 1. The molecule has 0 atom stereocenters. The van der Waals surface area contributed by atoms with Crippen molar-refractivity contribution in [3.8, 4) is 0 Å². The molecule has 1 heteroatoms. The average Bonchev–Trinajstić information content (AvgIpc) is 2.63. The van der Waals surface area contributed by atoms with Crippen molar-refractivity contribution in [1.29, 1.82) is 0 Å². The third-order valence-electron chi connectivity index (χ3n) is 2.16. The molecule has 1 aliphatic carbocycles. The van der Waals surface area contributed by atoms with E-state index in [9.17, 15) is 4.79 Å². The summed E-state index contributed by atoms with van der Waals surface area (Å²) in [5.41, 5.74) is 0. The molecule has 1 nitrogen and oxygen atoms in total. The molecule has 0 aromatic carbocycles. The number of hydrogen-bond donors (Lipinski definition) is 0. The second-order valence-electron chi connectivity index (χ2n) is 4.12. The van der Waals surface area contributed by atoms with Crippen LogP contribution in [0.25, 0.3) is 0 Å². The highest BCUT2D eigenvalue weighted by Crippen LogP contribution is 2.33. The number of ketones is 1. The van der Waals surface area contributed by atoms with E-state index in [1.165, 1.54) is 12.8 Å². The minimum absolute atomic E-state index is 0.465. The van der Waals surface area contributed by atoms with E-state index in [4.69, 9.17) is 0 Å². The lowest BCUT2D eigenvalue weighted by Gasteiger charge is -2.02. The SMILES string of the molecule is CC(C)CC(=O)CCC1CC1. The minimum Gasteiger partial charge on any atom is -0.300 e. The summed E-state index contributed by atoms with van der Waals surface area (Å²) in [5, 5.41) is 0. The van der Waals surface area contributed by atoms with Gasteiger partial charge >= 0.3 is 0 Å². The smallest absolute Gasteiger partial charge is 0.133 e. The summed E-state index contributed by atoms with van der Waals surface area (Å²) >= 11 is 0. The van der Waals surface area contributed by atoms with Crippen LogP contribution in [0.3, 0.4) is 0 Å². The molecule has 0 radical (unpaired) electrons. The molecule has 0 spiro atoms. The van der Waals surface area contributed by atoms with Gasteiger partial charge in [0.2, 0.25) is 0 Å². The monoisotopic (exact) mass is 154 g/mol. The van der Waals surface area contributed by atoms with Gasteiger partial charge in [-0.05, 0) is 18.3 Å². The molecule has 0 bridgehead atoms. The Morgan fingerprint density at radius 1 is 1.45 bits per heavy atom. The molecule has 0 aromatic heterocycles. The van der Waals surface area contributed by atoms with Crippen molar-refractivity contribution in [1.82, 2.24) is 0 Å². The van der Waals surface area contributed by atoms with Crippen LogP contribution in [0.2, 0.25) is 0 Å². The lowest BCUT2D eigenvalue weighted by Crippen LogP contribution is -2.02. The molecule has 1 rings (SSSR count). The fourth-order valence-corrected chi connectivity index (χ4v) is 1.33. The molecule has 1 fully saturated rings. The number of rotatable bonds is 5. The van der Waals surface area contributed by atoms with Gasteiger partial charge in [-0.25, -0.2) is 0 Å². The van der Waals surface area contributed by atoms with Gasteiger partial charge in [-0.1, -0.05) is 26.7 Å². The highest BCUT2D eigenvalue weighted by Gasteiger charge is 2.21. The van der Waals surface area contributed by atoms with Crippen LogP contribution < -0.4 is 0 Å². The van der Waals surface area contributed by atoms with Crippen LogP contribution in [0, 0.1) is 11.8 Å². The van der Waals surface area contributed by atoms with Gasteiger partial charge in [0, 0.05) is 12.8 Å². The summed E-state index contributed by atoms with van der Waals surface area (Å²) in [4.78, 5) is 11.2. The van der Waals surface area contributed by atoms with Crippen molar-refractivity contribution in [2.24, 2.45) is 11.8 Å². The van der Waals surface area contributed by atoms with Crippen LogP contribution in [0.1, 0.15) is 46.0 Å². The fourth-order valence-electron chi connectivity index (χ4n) is 1.33. The molecule has 11 heavy (non-hydrogen) atoms. The third-order valence-corrected chi connectivity index (χ3v) is 2.16. The molecule has 0 heterocycles. The molecular formula is C10H18O. The summed E-state index contributed by atoms with van der Waals surface area (Å²) < 4.78 is 0. The first-order valence-electron chi connectivity index (χ1n) is 4.70. The molecule has 0 aromatic rings. The van der Waals surface area contributed by atoms with Crippen LogP contribution in [0.15, 0.2) is 0 Å². The molecule has 0 aliphatic heterocycles. The topological polar surface area (TPSA) is 17.1 Å². The van der Waals surface area contributed by atoms with Gasteiger partial charge in [-0.3, -0.25) is 4.79 Å². The third kappa shape index (κ3) is 4.18. The van der Waals surface area contributed by atoms with Crippen molar-refractivity contribution < 1.29 is 4.79 Å². The van der Waals surface area contributed by atoms with Gasteiger partial charge in [0.15, 0.2) is 0 Å². The van der Waals surface area contributed by atoms with Crippen molar-refractivity contribution in [3.05, 3.63) is 0 Å². The standard InChI is InChI=1S/C10H18O/c1-8(2)7-10(11)6-5-9-3-4-9/h8-9H,3-7H2,1-2H3. The van der Waals surface area contributed by atoms with Crippen LogP contribution in [-0.2, 0) is 4.79 Å². The summed E-state index contributed by atoms with van der Waals surface area (Å²) in [6.45, 7) is 4.21. The van der Waals surface area contributed by atoms with Gasteiger partial charge in [0.25, 0.3) is 0 Å². The van der Waals surface area contributed by atoms with E-state index in [1.807, 2.05) is 0 Å². The molecular weight excluding hydrogens is 136 g/mol. The summed E-state index contributed by atoms with van der Waals surface area (Å²) in [7, 11) is 0. The normalized spacial score (nSPS) is 17.4. The quantitative estimate of drug-likeness (QED) is 0.595. The van der Waals surface area contributed by atoms with E-state index in [-0.39, 0.29) is 0 Å². The highest BCUT2D eigenvalue weighted by molar-refractivity contribution is 5.78. The van der Waals surface area contributed by atoms with E-state index >= 15 is 0 Å². The largest absolute Gasteiger partial charge is 0.300 e. The Hall–Kier alpha value is -0.330. The van der Waals surface area contributed by atoms with E-state index in [0.717, 1.165) is 25.2 Å². The lowest BCUT2D eigenvalue weighted by molar-refractivity contribution is -0.119. The van der Waals surface area contributed by atoms with Crippen LogP contribution in [0.4, 0.5) is 0 Å². The Kier molecular flexibility index (Phi) is 3.10. The first-order chi connectivity index (χ1) is 5.18. The second kappa shape index (κ2) is 3.89. The van der Waals surface area contributed by atoms with Gasteiger partial charge in [0.05, 0.1) is 0 Å². The van der Waals surface area contributed by atoms with E-state index in [0.29, 0.717) is 11.7 Å². The molecule has 64 valence electrons. The van der Waals surface area contributed by atoms with Crippen LogP contribution in [0.5, 0.6) is 0 Å². The zero-order valence-electron chi connectivity index (χ0n) is 7.60. The Bertz CT molecular complexity index is 134. The predicted octanol–water partition coefficient (Wildman–Crippen LogP) is 2.79. The second-order valence-corrected chi connectivity index (χ2v) is 4.12. The number of hydrogen-bond acceptors (Lipinski definition) is 1. The molecule has 0 amide bonds. The van der Waals surface area contributed by atoms with E-state index < -0.39 is 0 Å². The maximum Gasteiger partial charge on any atom is 0.133 e. The summed E-state index contributed by atoms with van der Waals surface area (Å²) in [6, 6.07) is 0. The Balaban J connectivity index is 2.00. The fraction of sp³-hybridized carbons (Fsp3) is 0.900.